The van der Waals surface area contributed by atoms with Crippen molar-refractivity contribution in [3.05, 3.63) is 68.7 Å². The molecule has 1 atom stereocenters. The molecule has 0 saturated heterocycles. The molecule has 0 fully saturated rings. The highest BCUT2D eigenvalue weighted by Crippen LogP contribution is 2.29. The van der Waals surface area contributed by atoms with Crippen LogP contribution in [0, 0.1) is 6.92 Å². The lowest BCUT2D eigenvalue weighted by Gasteiger charge is -2.19. The number of halogens is 2. The van der Waals surface area contributed by atoms with E-state index in [1.807, 2.05) is 12.1 Å². The summed E-state index contributed by atoms with van der Waals surface area (Å²) in [4.78, 5) is 0. The van der Waals surface area contributed by atoms with Gasteiger partial charge < -0.3 is 5.32 Å². The van der Waals surface area contributed by atoms with Crippen LogP contribution in [0.4, 0.5) is 0 Å². The first kappa shape index (κ1) is 14.6. The van der Waals surface area contributed by atoms with Crippen molar-refractivity contribution in [3.8, 4) is 0 Å². The number of hydrogen-bond donors (Lipinski definition) is 1. The number of nitrogens with one attached hydrogen (secondary N) is 1. The molecule has 1 nitrogen and oxygen atoms in total. The van der Waals surface area contributed by atoms with Gasteiger partial charge >= 0.3 is 0 Å². The van der Waals surface area contributed by atoms with Crippen LogP contribution in [0.2, 0.25) is 5.02 Å². The molecule has 2 rings (SSSR count). The van der Waals surface area contributed by atoms with Gasteiger partial charge in [-0.3, -0.25) is 0 Å². The van der Waals surface area contributed by atoms with Crippen molar-refractivity contribution in [1.82, 2.24) is 5.32 Å². The Kier molecular flexibility index (Phi) is 5.03. The van der Waals surface area contributed by atoms with E-state index in [9.17, 15) is 0 Å². The van der Waals surface area contributed by atoms with E-state index in [0.717, 1.165) is 16.0 Å². The fourth-order valence-electron chi connectivity index (χ4n) is 2.08. The maximum Gasteiger partial charge on any atom is 0.0577 e. The van der Waals surface area contributed by atoms with Gasteiger partial charge in [0.25, 0.3) is 0 Å². The largest absolute Gasteiger partial charge is 0.307 e. The number of aryl methyl sites for hydroxylation is 1. The van der Waals surface area contributed by atoms with Crippen LogP contribution in [-0.4, -0.2) is 6.54 Å². The Morgan fingerprint density at radius 2 is 1.74 bits per heavy atom. The summed E-state index contributed by atoms with van der Waals surface area (Å²) in [5.74, 6) is 0. The van der Waals surface area contributed by atoms with Gasteiger partial charge in [0.1, 0.15) is 0 Å². The highest BCUT2D eigenvalue weighted by atomic mass is 79.9. The summed E-state index contributed by atoms with van der Waals surface area (Å²) < 4.78 is 0.928. The Morgan fingerprint density at radius 1 is 1.11 bits per heavy atom. The molecular weight excluding hydrogens is 322 g/mol. The molecule has 2 aromatic rings. The van der Waals surface area contributed by atoms with Crippen LogP contribution in [-0.2, 0) is 0 Å². The zero-order valence-corrected chi connectivity index (χ0v) is 13.4. The molecule has 0 aliphatic carbocycles. The van der Waals surface area contributed by atoms with Crippen molar-refractivity contribution in [1.29, 1.82) is 0 Å². The fraction of sp³-hybridized carbons (Fsp3) is 0.250. The molecule has 0 aliphatic heterocycles. The molecule has 19 heavy (non-hydrogen) atoms. The molecule has 0 saturated carbocycles. The van der Waals surface area contributed by atoms with Crippen molar-refractivity contribution in [2.45, 2.75) is 19.9 Å². The minimum atomic E-state index is 0.177. The predicted octanol–water partition coefficient (Wildman–Crippen LogP) is 5.11. The summed E-state index contributed by atoms with van der Waals surface area (Å²) in [6.07, 6.45) is 0. The van der Waals surface area contributed by atoms with Crippen LogP contribution in [0.25, 0.3) is 0 Å². The van der Waals surface area contributed by atoms with E-state index in [4.69, 9.17) is 11.6 Å². The van der Waals surface area contributed by atoms with Crippen LogP contribution < -0.4 is 5.32 Å². The van der Waals surface area contributed by atoms with E-state index in [1.54, 1.807) is 0 Å². The Hall–Kier alpha value is -0.830. The van der Waals surface area contributed by atoms with Crippen molar-refractivity contribution in [2.75, 3.05) is 6.54 Å². The van der Waals surface area contributed by atoms with Gasteiger partial charge in [0.15, 0.2) is 0 Å². The number of rotatable bonds is 4. The van der Waals surface area contributed by atoms with Crippen molar-refractivity contribution in [2.24, 2.45) is 0 Å². The van der Waals surface area contributed by atoms with E-state index in [-0.39, 0.29) is 6.04 Å². The number of benzene rings is 2. The zero-order chi connectivity index (χ0) is 13.8. The normalized spacial score (nSPS) is 12.4. The van der Waals surface area contributed by atoms with Crippen LogP contribution in [0.5, 0.6) is 0 Å². The van der Waals surface area contributed by atoms with Crippen LogP contribution >= 0.6 is 27.5 Å². The number of hydrogen-bond acceptors (Lipinski definition) is 1. The Morgan fingerprint density at radius 3 is 2.32 bits per heavy atom. The van der Waals surface area contributed by atoms with Gasteiger partial charge in [-0.05, 0) is 52.7 Å². The third-order valence-corrected chi connectivity index (χ3v) is 4.33. The van der Waals surface area contributed by atoms with Crippen molar-refractivity contribution in [3.63, 3.8) is 0 Å². The average molecular weight is 339 g/mol. The van der Waals surface area contributed by atoms with Crippen LogP contribution in [0.3, 0.4) is 0 Å². The van der Waals surface area contributed by atoms with E-state index in [1.165, 1.54) is 16.7 Å². The first-order valence-electron chi connectivity index (χ1n) is 6.36. The van der Waals surface area contributed by atoms with E-state index in [2.05, 4.69) is 65.4 Å². The molecule has 2 aromatic carbocycles. The summed E-state index contributed by atoms with van der Waals surface area (Å²) in [5, 5.41) is 4.25. The van der Waals surface area contributed by atoms with Gasteiger partial charge in [-0.2, -0.15) is 0 Å². The minimum Gasteiger partial charge on any atom is -0.307 e. The molecule has 0 amide bonds. The quantitative estimate of drug-likeness (QED) is 0.817. The third-order valence-electron chi connectivity index (χ3n) is 3.10. The van der Waals surface area contributed by atoms with E-state index in [0.29, 0.717) is 0 Å². The molecular formula is C16H17BrClN. The summed E-state index contributed by atoms with van der Waals surface area (Å²) in [6.45, 7) is 5.12. The molecule has 1 unspecified atom stereocenters. The second-order valence-corrected chi connectivity index (χ2v) is 5.84. The maximum absolute atomic E-state index is 6.20. The molecule has 0 heterocycles. The monoisotopic (exact) mass is 337 g/mol. The standard InChI is InChI=1S/C16H17BrClN/c1-3-19-16(12-6-4-11(2)5-7-12)13-8-9-14(17)15(18)10-13/h4-10,16,19H,3H2,1-2H3. The molecule has 3 heteroatoms. The molecule has 0 bridgehead atoms. The highest BCUT2D eigenvalue weighted by Gasteiger charge is 2.13. The van der Waals surface area contributed by atoms with E-state index >= 15 is 0 Å². The van der Waals surface area contributed by atoms with Crippen molar-refractivity contribution >= 4 is 27.5 Å². The maximum atomic E-state index is 6.20. The first-order chi connectivity index (χ1) is 9.11. The second-order valence-electron chi connectivity index (χ2n) is 4.57. The molecule has 0 aromatic heterocycles. The van der Waals surface area contributed by atoms with Crippen LogP contribution in [0.15, 0.2) is 46.9 Å². The first-order valence-corrected chi connectivity index (χ1v) is 7.54. The summed E-state index contributed by atoms with van der Waals surface area (Å²) >= 11 is 9.63. The molecule has 100 valence electrons. The Labute approximate surface area is 128 Å². The zero-order valence-electron chi connectivity index (χ0n) is 11.1. The topological polar surface area (TPSA) is 12.0 Å². The summed E-state index contributed by atoms with van der Waals surface area (Å²) in [6, 6.07) is 14.9. The third kappa shape index (κ3) is 3.59. The average Bonchev–Trinajstić information content (AvgIpc) is 2.41. The molecule has 0 aliphatic rings. The van der Waals surface area contributed by atoms with Crippen molar-refractivity contribution < 1.29 is 0 Å². The van der Waals surface area contributed by atoms with Gasteiger partial charge in [0.05, 0.1) is 11.1 Å². The molecule has 0 radical (unpaired) electrons. The summed E-state index contributed by atoms with van der Waals surface area (Å²) in [5.41, 5.74) is 3.71. The van der Waals surface area contributed by atoms with Gasteiger partial charge in [-0.15, -0.1) is 0 Å². The molecule has 0 spiro atoms. The van der Waals surface area contributed by atoms with E-state index < -0.39 is 0 Å². The second kappa shape index (κ2) is 6.56. The lowest BCUT2D eigenvalue weighted by molar-refractivity contribution is 0.630. The molecule has 1 N–H and O–H groups in total. The highest BCUT2D eigenvalue weighted by molar-refractivity contribution is 9.10. The lowest BCUT2D eigenvalue weighted by atomic mass is 9.98. The van der Waals surface area contributed by atoms with Gasteiger partial charge in [-0.1, -0.05) is 54.4 Å². The smallest absolute Gasteiger partial charge is 0.0577 e. The lowest BCUT2D eigenvalue weighted by Crippen LogP contribution is -2.21. The Bertz CT molecular complexity index is 551. The van der Waals surface area contributed by atoms with Gasteiger partial charge in [0, 0.05) is 4.47 Å². The van der Waals surface area contributed by atoms with Gasteiger partial charge in [0.2, 0.25) is 0 Å². The van der Waals surface area contributed by atoms with Crippen LogP contribution in [0.1, 0.15) is 29.7 Å². The SMILES string of the molecule is CCNC(c1ccc(C)cc1)c1ccc(Br)c(Cl)c1. The Balaban J connectivity index is 2.38. The minimum absolute atomic E-state index is 0.177. The fourth-order valence-corrected chi connectivity index (χ4v) is 2.52. The van der Waals surface area contributed by atoms with Gasteiger partial charge in [-0.25, -0.2) is 0 Å². The summed E-state index contributed by atoms with van der Waals surface area (Å²) in [7, 11) is 0. The predicted molar refractivity (Wildman–Crippen MR) is 85.9 cm³/mol.